The lowest BCUT2D eigenvalue weighted by Gasteiger charge is -2.08. The van der Waals surface area contributed by atoms with Crippen LogP contribution in [0.5, 0.6) is 11.5 Å². The third-order valence-corrected chi connectivity index (χ3v) is 3.86. The number of ether oxygens (including phenoxy) is 1. The van der Waals surface area contributed by atoms with Gasteiger partial charge in [0.2, 0.25) is 0 Å². The number of hydrogen-bond acceptors (Lipinski definition) is 4. The van der Waals surface area contributed by atoms with E-state index < -0.39 is 5.91 Å². The van der Waals surface area contributed by atoms with Crippen molar-refractivity contribution in [3.8, 4) is 11.5 Å². The largest absolute Gasteiger partial charge is 0.507 e. The second-order valence-electron chi connectivity index (χ2n) is 4.69. The Morgan fingerprint density at radius 2 is 1.96 bits per heavy atom. The van der Waals surface area contributed by atoms with Crippen LogP contribution in [0.2, 0.25) is 0 Å². The first-order valence-corrected chi connectivity index (χ1v) is 8.23. The van der Waals surface area contributed by atoms with Gasteiger partial charge in [0.05, 0.1) is 6.21 Å². The summed E-state index contributed by atoms with van der Waals surface area (Å²) >= 11 is 6.66. The zero-order chi connectivity index (χ0) is 16.8. The predicted octanol–water partition coefficient (Wildman–Crippen LogP) is 3.75. The first-order chi connectivity index (χ1) is 11.0. The van der Waals surface area contributed by atoms with Gasteiger partial charge in [-0.25, -0.2) is 5.43 Å². The Kier molecular flexibility index (Phi) is 6.18. The van der Waals surface area contributed by atoms with E-state index in [1.807, 2.05) is 19.1 Å². The van der Waals surface area contributed by atoms with Gasteiger partial charge in [0.1, 0.15) is 11.5 Å². The van der Waals surface area contributed by atoms with E-state index in [4.69, 9.17) is 4.74 Å². The number of hydrogen-bond donors (Lipinski definition) is 2. The number of rotatable bonds is 5. The van der Waals surface area contributed by atoms with Crippen LogP contribution in [0.3, 0.4) is 0 Å². The van der Waals surface area contributed by atoms with Gasteiger partial charge in [-0.2, -0.15) is 5.10 Å². The number of hydrazone groups is 1. The van der Waals surface area contributed by atoms with Crippen LogP contribution in [-0.4, -0.2) is 23.8 Å². The first kappa shape index (κ1) is 17.5. The number of carbonyl (C=O) groups excluding carboxylic acids is 1. The van der Waals surface area contributed by atoms with Crippen LogP contribution in [0.1, 0.15) is 11.1 Å². The summed E-state index contributed by atoms with van der Waals surface area (Å²) in [6, 6.07) is 10.5. The molecule has 120 valence electrons. The molecule has 0 fully saturated rings. The summed E-state index contributed by atoms with van der Waals surface area (Å²) < 4.78 is 7.19. The minimum atomic E-state index is -0.391. The molecule has 0 aromatic heterocycles. The molecule has 0 radical (unpaired) electrons. The Labute approximate surface area is 150 Å². The fourth-order valence-corrected chi connectivity index (χ4v) is 2.61. The van der Waals surface area contributed by atoms with E-state index in [2.05, 4.69) is 42.4 Å². The summed E-state index contributed by atoms with van der Waals surface area (Å²) in [6.45, 7) is 1.75. The molecule has 23 heavy (non-hydrogen) atoms. The third-order valence-electron chi connectivity index (χ3n) is 2.88. The summed E-state index contributed by atoms with van der Waals surface area (Å²) in [5, 5.41) is 13.5. The average molecular weight is 442 g/mol. The molecule has 0 unspecified atom stereocenters. The molecular weight excluding hydrogens is 428 g/mol. The molecular formula is C16H14Br2N2O3. The summed E-state index contributed by atoms with van der Waals surface area (Å²) in [7, 11) is 0. The van der Waals surface area contributed by atoms with Crippen LogP contribution in [0, 0.1) is 6.92 Å². The van der Waals surface area contributed by atoms with Gasteiger partial charge >= 0.3 is 0 Å². The maximum atomic E-state index is 11.7. The molecule has 0 heterocycles. The fourth-order valence-electron chi connectivity index (χ4n) is 1.75. The molecule has 0 aliphatic heterocycles. The molecule has 0 saturated heterocycles. The highest BCUT2D eigenvalue weighted by Gasteiger charge is 2.05. The second kappa shape index (κ2) is 8.12. The number of nitrogens with zero attached hydrogens (tertiary/aromatic N) is 1. The number of amides is 1. The Morgan fingerprint density at radius 3 is 2.70 bits per heavy atom. The Morgan fingerprint density at radius 1 is 1.26 bits per heavy atom. The van der Waals surface area contributed by atoms with Crippen molar-refractivity contribution in [1.82, 2.24) is 5.43 Å². The lowest BCUT2D eigenvalue weighted by molar-refractivity contribution is -0.123. The normalized spacial score (nSPS) is 10.7. The molecule has 7 heteroatoms. The summed E-state index contributed by atoms with van der Waals surface area (Å²) in [4.78, 5) is 11.7. The molecule has 2 rings (SSSR count). The number of phenols is 1. The molecule has 2 aromatic carbocycles. The van der Waals surface area contributed by atoms with E-state index in [9.17, 15) is 9.90 Å². The highest BCUT2D eigenvalue weighted by atomic mass is 79.9. The number of carbonyl (C=O) groups is 1. The van der Waals surface area contributed by atoms with E-state index in [1.165, 1.54) is 12.3 Å². The standard InChI is InChI=1S/C16H14Br2N2O3/c1-10-6-12(17)3-5-15(10)23-9-16(22)20-19-8-11-7-13(18)2-4-14(11)21/h2-8,21H,9H2,1H3,(H,20,22). The summed E-state index contributed by atoms with van der Waals surface area (Å²) in [6.07, 6.45) is 1.36. The van der Waals surface area contributed by atoms with Crippen molar-refractivity contribution in [1.29, 1.82) is 0 Å². The minimum Gasteiger partial charge on any atom is -0.507 e. The van der Waals surface area contributed by atoms with Gasteiger partial charge in [0.15, 0.2) is 6.61 Å². The van der Waals surface area contributed by atoms with E-state index >= 15 is 0 Å². The molecule has 0 saturated carbocycles. The molecule has 0 bridgehead atoms. The van der Waals surface area contributed by atoms with Crippen LogP contribution in [0.4, 0.5) is 0 Å². The third kappa shape index (κ3) is 5.37. The molecule has 1 amide bonds. The van der Waals surface area contributed by atoms with Gasteiger partial charge in [0, 0.05) is 14.5 Å². The highest BCUT2D eigenvalue weighted by molar-refractivity contribution is 9.10. The van der Waals surface area contributed by atoms with Crippen molar-refractivity contribution >= 4 is 44.0 Å². The number of phenolic OH excluding ortho intramolecular Hbond substituents is 1. The predicted molar refractivity (Wildman–Crippen MR) is 95.9 cm³/mol. The summed E-state index contributed by atoms with van der Waals surface area (Å²) in [5.41, 5.74) is 3.76. The minimum absolute atomic E-state index is 0.0768. The Hall–Kier alpha value is -1.86. The Balaban J connectivity index is 1.87. The average Bonchev–Trinajstić information content (AvgIpc) is 2.50. The van der Waals surface area contributed by atoms with Crippen molar-refractivity contribution in [2.45, 2.75) is 6.92 Å². The monoisotopic (exact) mass is 440 g/mol. The number of aryl methyl sites for hydroxylation is 1. The number of aromatic hydroxyl groups is 1. The number of halogens is 2. The zero-order valence-electron chi connectivity index (χ0n) is 12.2. The highest BCUT2D eigenvalue weighted by Crippen LogP contribution is 2.22. The zero-order valence-corrected chi connectivity index (χ0v) is 15.4. The molecule has 2 N–H and O–H groups in total. The van der Waals surface area contributed by atoms with Gasteiger partial charge in [-0.1, -0.05) is 31.9 Å². The molecule has 0 aliphatic rings. The van der Waals surface area contributed by atoms with E-state index in [1.54, 1.807) is 18.2 Å². The second-order valence-corrected chi connectivity index (χ2v) is 6.53. The SMILES string of the molecule is Cc1cc(Br)ccc1OCC(=O)NN=Cc1cc(Br)ccc1O. The molecule has 5 nitrogen and oxygen atoms in total. The van der Waals surface area contributed by atoms with Gasteiger partial charge < -0.3 is 9.84 Å². The van der Waals surface area contributed by atoms with Crippen LogP contribution in [0.15, 0.2) is 50.4 Å². The van der Waals surface area contributed by atoms with Gasteiger partial charge in [-0.3, -0.25) is 4.79 Å². The maximum absolute atomic E-state index is 11.7. The van der Waals surface area contributed by atoms with E-state index in [0.29, 0.717) is 11.3 Å². The van der Waals surface area contributed by atoms with Crippen LogP contribution in [-0.2, 0) is 4.79 Å². The molecule has 0 spiro atoms. The fraction of sp³-hybridized carbons (Fsp3) is 0.125. The molecule has 2 aromatic rings. The van der Waals surface area contributed by atoms with Crippen molar-refractivity contribution < 1.29 is 14.6 Å². The van der Waals surface area contributed by atoms with Crippen molar-refractivity contribution in [2.75, 3.05) is 6.61 Å². The molecule has 0 aliphatic carbocycles. The van der Waals surface area contributed by atoms with Crippen molar-refractivity contribution in [2.24, 2.45) is 5.10 Å². The number of benzene rings is 2. The smallest absolute Gasteiger partial charge is 0.277 e. The Bertz CT molecular complexity index is 748. The molecule has 0 atom stereocenters. The van der Waals surface area contributed by atoms with Crippen molar-refractivity contribution in [3.63, 3.8) is 0 Å². The topological polar surface area (TPSA) is 70.9 Å². The van der Waals surface area contributed by atoms with Crippen molar-refractivity contribution in [3.05, 3.63) is 56.5 Å². The van der Waals surface area contributed by atoms with Crippen LogP contribution < -0.4 is 10.2 Å². The maximum Gasteiger partial charge on any atom is 0.277 e. The van der Waals surface area contributed by atoms with Gasteiger partial charge in [-0.05, 0) is 48.9 Å². The first-order valence-electron chi connectivity index (χ1n) is 6.65. The van der Waals surface area contributed by atoms with E-state index in [-0.39, 0.29) is 12.4 Å². The lowest BCUT2D eigenvalue weighted by atomic mass is 10.2. The van der Waals surface area contributed by atoms with Gasteiger partial charge in [-0.15, -0.1) is 0 Å². The van der Waals surface area contributed by atoms with Crippen LogP contribution >= 0.6 is 31.9 Å². The van der Waals surface area contributed by atoms with E-state index in [0.717, 1.165) is 14.5 Å². The van der Waals surface area contributed by atoms with Gasteiger partial charge in [0.25, 0.3) is 5.91 Å². The number of nitrogens with one attached hydrogen (secondary N) is 1. The quantitative estimate of drug-likeness (QED) is 0.548. The van der Waals surface area contributed by atoms with Crippen LogP contribution in [0.25, 0.3) is 0 Å². The lowest BCUT2D eigenvalue weighted by Crippen LogP contribution is -2.24. The summed E-state index contributed by atoms with van der Waals surface area (Å²) in [5.74, 6) is 0.322.